The molecule has 0 saturated heterocycles. The van der Waals surface area contributed by atoms with Gasteiger partial charge in [-0.05, 0) is 0 Å². The number of rotatable bonds is 4. The minimum absolute atomic E-state index is 0.532. The SMILES string of the molecule is CC(C)N(C)CCc1c[se]c2ccncc12. The molecular weight excluding hydrogens is 263 g/mol. The number of fused-ring (bicyclic) bond motifs is 1. The second-order valence-electron chi connectivity index (χ2n) is 4.46. The van der Waals surface area contributed by atoms with Crippen molar-refractivity contribution in [3.8, 4) is 0 Å². The van der Waals surface area contributed by atoms with Gasteiger partial charge in [-0.25, -0.2) is 0 Å². The van der Waals surface area contributed by atoms with Crippen LogP contribution in [0, 0.1) is 0 Å². The van der Waals surface area contributed by atoms with Gasteiger partial charge in [0.2, 0.25) is 0 Å². The van der Waals surface area contributed by atoms with Gasteiger partial charge in [0.05, 0.1) is 0 Å². The summed E-state index contributed by atoms with van der Waals surface area (Å²) in [5, 5.41) is 1.39. The van der Waals surface area contributed by atoms with Crippen molar-refractivity contribution in [2.45, 2.75) is 26.3 Å². The summed E-state index contributed by atoms with van der Waals surface area (Å²) in [4.78, 5) is 9.03. The summed E-state index contributed by atoms with van der Waals surface area (Å²) in [6.45, 7) is 5.61. The third-order valence-corrected chi connectivity index (χ3v) is 5.19. The van der Waals surface area contributed by atoms with Crippen LogP contribution in [0.15, 0.2) is 23.4 Å². The van der Waals surface area contributed by atoms with Crippen molar-refractivity contribution < 1.29 is 0 Å². The average Bonchev–Trinajstić information content (AvgIpc) is 2.69. The molecule has 0 fully saturated rings. The number of nitrogens with zero attached hydrogens (tertiary/aromatic N) is 2. The van der Waals surface area contributed by atoms with Crippen molar-refractivity contribution in [1.82, 2.24) is 9.88 Å². The maximum absolute atomic E-state index is 4.22. The molecule has 0 amide bonds. The second kappa shape index (κ2) is 5.13. The van der Waals surface area contributed by atoms with Crippen molar-refractivity contribution in [3.63, 3.8) is 0 Å². The van der Waals surface area contributed by atoms with Crippen LogP contribution in [0.5, 0.6) is 0 Å². The van der Waals surface area contributed by atoms with Crippen LogP contribution in [0.2, 0.25) is 0 Å². The van der Waals surface area contributed by atoms with E-state index in [9.17, 15) is 0 Å². The normalized spacial score (nSPS) is 11.8. The Bertz CT molecular complexity index is 462. The monoisotopic (exact) mass is 282 g/mol. The zero-order valence-corrected chi connectivity index (χ0v) is 11.8. The molecule has 2 aromatic heterocycles. The number of hydrogen-bond acceptors (Lipinski definition) is 2. The minimum atomic E-state index is 0.532. The van der Waals surface area contributed by atoms with Crippen molar-refractivity contribution >= 4 is 24.1 Å². The van der Waals surface area contributed by atoms with E-state index in [0.29, 0.717) is 20.5 Å². The van der Waals surface area contributed by atoms with E-state index in [-0.39, 0.29) is 0 Å². The van der Waals surface area contributed by atoms with E-state index in [4.69, 9.17) is 0 Å². The molecule has 16 heavy (non-hydrogen) atoms. The first-order valence-corrected chi connectivity index (χ1v) is 7.53. The summed E-state index contributed by atoms with van der Waals surface area (Å²) < 4.78 is 1.49. The van der Waals surface area contributed by atoms with Gasteiger partial charge >= 0.3 is 103 Å². The summed E-state index contributed by atoms with van der Waals surface area (Å²) in [6, 6.07) is 2.78. The van der Waals surface area contributed by atoms with Crippen LogP contribution in [0.1, 0.15) is 19.4 Å². The predicted molar refractivity (Wildman–Crippen MR) is 70.2 cm³/mol. The molecule has 0 aromatic carbocycles. The van der Waals surface area contributed by atoms with E-state index in [1.165, 1.54) is 15.2 Å². The van der Waals surface area contributed by atoms with E-state index in [0.717, 1.165) is 13.0 Å². The Labute approximate surface area is 103 Å². The first-order valence-electron chi connectivity index (χ1n) is 5.69. The summed E-state index contributed by atoms with van der Waals surface area (Å²) in [5.74, 6) is 0. The molecule has 0 bridgehead atoms. The Kier molecular flexibility index (Phi) is 3.80. The van der Waals surface area contributed by atoms with Crippen LogP contribution in [-0.4, -0.2) is 44.0 Å². The Morgan fingerprint density at radius 2 is 2.25 bits per heavy atom. The van der Waals surface area contributed by atoms with Crippen molar-refractivity contribution in [2.24, 2.45) is 0 Å². The zero-order chi connectivity index (χ0) is 11.5. The third kappa shape index (κ3) is 2.54. The van der Waals surface area contributed by atoms with Crippen LogP contribution in [0.3, 0.4) is 0 Å². The molecule has 2 nitrogen and oxygen atoms in total. The molecular formula is C13H18N2Se. The Morgan fingerprint density at radius 1 is 1.44 bits per heavy atom. The molecule has 2 rings (SSSR count). The molecule has 86 valence electrons. The fraction of sp³-hybridized carbons (Fsp3) is 0.462. The Morgan fingerprint density at radius 3 is 3.00 bits per heavy atom. The van der Waals surface area contributed by atoms with Crippen molar-refractivity contribution in [2.75, 3.05) is 13.6 Å². The fourth-order valence-electron chi connectivity index (χ4n) is 1.67. The molecule has 2 heterocycles. The molecule has 2 aromatic rings. The van der Waals surface area contributed by atoms with E-state index in [2.05, 4.69) is 41.8 Å². The van der Waals surface area contributed by atoms with Gasteiger partial charge in [-0.15, -0.1) is 0 Å². The van der Waals surface area contributed by atoms with Crippen LogP contribution >= 0.6 is 0 Å². The molecule has 0 N–H and O–H groups in total. The summed E-state index contributed by atoms with van der Waals surface area (Å²) in [5.41, 5.74) is 1.50. The standard InChI is InChI=1S/C13H18N2Se/c1-10(2)15(3)7-5-11-9-16-13-4-6-14-8-12(11)13/h4,6,8-10H,5,7H2,1-3H3. The molecule has 0 aliphatic heterocycles. The Hall–Kier alpha value is -0.631. The van der Waals surface area contributed by atoms with Crippen LogP contribution < -0.4 is 0 Å². The molecule has 3 heteroatoms. The van der Waals surface area contributed by atoms with Crippen LogP contribution in [-0.2, 0) is 6.42 Å². The first kappa shape index (κ1) is 11.8. The number of pyridine rings is 1. The quantitative estimate of drug-likeness (QED) is 0.799. The van der Waals surface area contributed by atoms with Crippen LogP contribution in [0.4, 0.5) is 0 Å². The first-order chi connectivity index (χ1) is 7.68. The number of hydrogen-bond donors (Lipinski definition) is 0. The summed E-state index contributed by atoms with van der Waals surface area (Å²) in [6.07, 6.45) is 5.07. The molecule has 0 aliphatic carbocycles. The summed E-state index contributed by atoms with van der Waals surface area (Å²) in [7, 11) is 2.19. The van der Waals surface area contributed by atoms with E-state index in [1.807, 2.05) is 12.4 Å². The van der Waals surface area contributed by atoms with Gasteiger partial charge in [-0.3, -0.25) is 0 Å². The molecule has 0 atom stereocenters. The number of aromatic nitrogens is 1. The molecule has 0 saturated carbocycles. The predicted octanol–water partition coefficient (Wildman–Crippen LogP) is 2.17. The zero-order valence-electron chi connectivity index (χ0n) is 10.1. The van der Waals surface area contributed by atoms with Gasteiger partial charge in [0.25, 0.3) is 0 Å². The van der Waals surface area contributed by atoms with Crippen molar-refractivity contribution in [3.05, 3.63) is 29.0 Å². The van der Waals surface area contributed by atoms with Gasteiger partial charge in [0.15, 0.2) is 0 Å². The second-order valence-corrected chi connectivity index (χ2v) is 6.37. The maximum atomic E-state index is 4.22. The van der Waals surface area contributed by atoms with E-state index < -0.39 is 0 Å². The van der Waals surface area contributed by atoms with Crippen molar-refractivity contribution in [1.29, 1.82) is 0 Å². The fourth-order valence-corrected chi connectivity index (χ4v) is 3.70. The van der Waals surface area contributed by atoms with Gasteiger partial charge in [-0.2, -0.15) is 0 Å². The number of likely N-dealkylation sites (N-methyl/N-ethyl adjacent to an activating group) is 1. The third-order valence-electron chi connectivity index (χ3n) is 3.07. The molecule has 0 radical (unpaired) electrons. The topological polar surface area (TPSA) is 16.1 Å². The van der Waals surface area contributed by atoms with Gasteiger partial charge in [-0.1, -0.05) is 0 Å². The summed E-state index contributed by atoms with van der Waals surface area (Å²) >= 11 is 0.532. The average molecular weight is 281 g/mol. The molecule has 0 spiro atoms. The van der Waals surface area contributed by atoms with Gasteiger partial charge in [0, 0.05) is 0 Å². The van der Waals surface area contributed by atoms with Gasteiger partial charge in [0.1, 0.15) is 0 Å². The molecule has 0 unspecified atom stereocenters. The van der Waals surface area contributed by atoms with E-state index >= 15 is 0 Å². The Balaban J connectivity index is 2.10. The van der Waals surface area contributed by atoms with E-state index in [1.54, 1.807) is 0 Å². The van der Waals surface area contributed by atoms with Crippen LogP contribution in [0.25, 0.3) is 9.65 Å². The molecule has 0 aliphatic rings. The van der Waals surface area contributed by atoms with Gasteiger partial charge < -0.3 is 0 Å².